The predicted molar refractivity (Wildman–Crippen MR) is 92.8 cm³/mol. The highest BCUT2D eigenvalue weighted by Gasteiger charge is 2.27. The highest BCUT2D eigenvalue weighted by molar-refractivity contribution is 5.38. The Morgan fingerprint density at radius 1 is 1.20 bits per heavy atom. The van der Waals surface area contributed by atoms with Crippen molar-refractivity contribution in [1.82, 2.24) is 29.3 Å². The summed E-state index contributed by atoms with van der Waals surface area (Å²) in [5.41, 5.74) is 0.788. The molecule has 25 heavy (non-hydrogen) atoms. The number of rotatable bonds is 4. The summed E-state index contributed by atoms with van der Waals surface area (Å²) < 4.78 is 3.31. The Labute approximate surface area is 144 Å². The van der Waals surface area contributed by atoms with Crippen LogP contribution >= 0.6 is 0 Å². The lowest BCUT2D eigenvalue weighted by Crippen LogP contribution is -2.37. The van der Waals surface area contributed by atoms with E-state index in [1.54, 1.807) is 47.8 Å². The van der Waals surface area contributed by atoms with Gasteiger partial charge in [-0.1, -0.05) is 0 Å². The molecule has 3 aromatic rings. The van der Waals surface area contributed by atoms with Crippen molar-refractivity contribution in [1.29, 1.82) is 0 Å². The van der Waals surface area contributed by atoms with Crippen LogP contribution in [0, 0.1) is 6.92 Å². The minimum absolute atomic E-state index is 0.106. The minimum atomic E-state index is -0.106. The maximum Gasteiger partial charge on any atom is 0.266 e. The van der Waals surface area contributed by atoms with Crippen LogP contribution in [0.1, 0.15) is 18.5 Å². The molecule has 1 aliphatic heterocycles. The van der Waals surface area contributed by atoms with Gasteiger partial charge in [0, 0.05) is 25.0 Å². The van der Waals surface area contributed by atoms with Crippen molar-refractivity contribution in [3.8, 4) is 5.82 Å². The SMILES string of the molecule is Cc1cnc(N2CCCC2Cn2nc(-n3ccnc3)ccc2=O)cn1. The first-order valence-corrected chi connectivity index (χ1v) is 8.32. The van der Waals surface area contributed by atoms with E-state index in [1.807, 2.05) is 6.92 Å². The van der Waals surface area contributed by atoms with Gasteiger partial charge >= 0.3 is 0 Å². The molecule has 0 radical (unpaired) electrons. The molecule has 1 aliphatic rings. The molecule has 0 aliphatic carbocycles. The van der Waals surface area contributed by atoms with Gasteiger partial charge in [-0.2, -0.15) is 5.10 Å². The Balaban J connectivity index is 1.59. The monoisotopic (exact) mass is 337 g/mol. The maximum absolute atomic E-state index is 12.2. The molecular formula is C17H19N7O. The van der Waals surface area contributed by atoms with Crippen LogP contribution in [0.2, 0.25) is 0 Å². The summed E-state index contributed by atoms with van der Waals surface area (Å²) >= 11 is 0. The van der Waals surface area contributed by atoms with E-state index in [9.17, 15) is 4.79 Å². The fourth-order valence-electron chi connectivity index (χ4n) is 3.16. The van der Waals surface area contributed by atoms with Crippen molar-refractivity contribution in [2.24, 2.45) is 0 Å². The number of imidazole rings is 1. The normalized spacial score (nSPS) is 17.2. The fraction of sp³-hybridized carbons (Fsp3) is 0.353. The molecule has 8 heteroatoms. The zero-order valence-corrected chi connectivity index (χ0v) is 14.0. The smallest absolute Gasteiger partial charge is 0.266 e. The summed E-state index contributed by atoms with van der Waals surface area (Å²) in [4.78, 5) is 27.3. The molecule has 0 bridgehead atoms. The molecule has 1 atom stereocenters. The summed E-state index contributed by atoms with van der Waals surface area (Å²) in [6.07, 6.45) is 10.8. The highest BCUT2D eigenvalue weighted by atomic mass is 16.1. The van der Waals surface area contributed by atoms with E-state index < -0.39 is 0 Å². The second-order valence-electron chi connectivity index (χ2n) is 6.19. The summed E-state index contributed by atoms with van der Waals surface area (Å²) in [5.74, 6) is 1.53. The lowest BCUT2D eigenvalue weighted by atomic mass is 10.2. The average molecular weight is 337 g/mol. The lowest BCUT2D eigenvalue weighted by molar-refractivity contribution is 0.484. The zero-order valence-electron chi connectivity index (χ0n) is 14.0. The average Bonchev–Trinajstić information content (AvgIpc) is 3.29. The third kappa shape index (κ3) is 3.15. The van der Waals surface area contributed by atoms with Gasteiger partial charge in [-0.05, 0) is 25.8 Å². The van der Waals surface area contributed by atoms with E-state index in [1.165, 1.54) is 4.68 Å². The van der Waals surface area contributed by atoms with Crippen LogP contribution in [-0.2, 0) is 6.54 Å². The summed E-state index contributed by atoms with van der Waals surface area (Å²) in [6.45, 7) is 3.36. The van der Waals surface area contributed by atoms with Crippen LogP contribution in [0.25, 0.3) is 5.82 Å². The molecule has 8 nitrogen and oxygen atoms in total. The second kappa shape index (κ2) is 6.46. The first-order chi connectivity index (χ1) is 12.2. The summed E-state index contributed by atoms with van der Waals surface area (Å²) in [5, 5.41) is 4.48. The van der Waals surface area contributed by atoms with Crippen LogP contribution < -0.4 is 10.5 Å². The molecule has 0 amide bonds. The molecule has 128 valence electrons. The molecule has 1 saturated heterocycles. The van der Waals surface area contributed by atoms with Gasteiger partial charge in [0.1, 0.15) is 12.1 Å². The third-order valence-corrected chi connectivity index (χ3v) is 4.44. The Morgan fingerprint density at radius 3 is 2.88 bits per heavy atom. The molecule has 0 spiro atoms. The largest absolute Gasteiger partial charge is 0.350 e. The Morgan fingerprint density at radius 2 is 2.12 bits per heavy atom. The molecule has 0 N–H and O–H groups in total. The fourth-order valence-corrected chi connectivity index (χ4v) is 3.16. The number of anilines is 1. The number of nitrogens with zero attached hydrogens (tertiary/aromatic N) is 7. The van der Waals surface area contributed by atoms with E-state index in [4.69, 9.17) is 0 Å². The Hall–Kier alpha value is -3.03. The summed E-state index contributed by atoms with van der Waals surface area (Å²) in [7, 11) is 0. The van der Waals surface area contributed by atoms with Crippen molar-refractivity contribution in [3.05, 3.63) is 59.3 Å². The van der Waals surface area contributed by atoms with Gasteiger partial charge in [-0.15, -0.1) is 0 Å². The van der Waals surface area contributed by atoms with E-state index in [0.29, 0.717) is 12.4 Å². The molecule has 0 aromatic carbocycles. The van der Waals surface area contributed by atoms with Crippen molar-refractivity contribution >= 4 is 5.82 Å². The van der Waals surface area contributed by atoms with Gasteiger partial charge in [0.05, 0.1) is 30.7 Å². The van der Waals surface area contributed by atoms with Gasteiger partial charge in [-0.25, -0.2) is 14.6 Å². The molecule has 4 heterocycles. The van der Waals surface area contributed by atoms with E-state index in [2.05, 4.69) is 25.0 Å². The van der Waals surface area contributed by atoms with E-state index in [-0.39, 0.29) is 11.6 Å². The van der Waals surface area contributed by atoms with E-state index >= 15 is 0 Å². The van der Waals surface area contributed by atoms with Crippen LogP contribution in [0.5, 0.6) is 0 Å². The van der Waals surface area contributed by atoms with Crippen LogP contribution in [0.3, 0.4) is 0 Å². The number of aromatic nitrogens is 6. The third-order valence-electron chi connectivity index (χ3n) is 4.44. The van der Waals surface area contributed by atoms with Gasteiger partial charge in [-0.3, -0.25) is 14.3 Å². The molecule has 3 aromatic heterocycles. The van der Waals surface area contributed by atoms with Gasteiger partial charge < -0.3 is 4.90 Å². The predicted octanol–water partition coefficient (Wildman–Crippen LogP) is 1.20. The van der Waals surface area contributed by atoms with Crippen LogP contribution in [-0.4, -0.2) is 41.9 Å². The van der Waals surface area contributed by atoms with Crippen LogP contribution in [0.15, 0.2) is 48.0 Å². The van der Waals surface area contributed by atoms with Gasteiger partial charge in [0.2, 0.25) is 0 Å². The number of hydrogen-bond acceptors (Lipinski definition) is 6. The highest BCUT2D eigenvalue weighted by Crippen LogP contribution is 2.24. The Kier molecular flexibility index (Phi) is 4.01. The van der Waals surface area contributed by atoms with Gasteiger partial charge in [0.15, 0.2) is 5.82 Å². The first-order valence-electron chi connectivity index (χ1n) is 8.32. The molecule has 0 saturated carbocycles. The van der Waals surface area contributed by atoms with Crippen molar-refractivity contribution in [3.63, 3.8) is 0 Å². The second-order valence-corrected chi connectivity index (χ2v) is 6.19. The zero-order chi connectivity index (χ0) is 17.2. The van der Waals surface area contributed by atoms with Crippen molar-refractivity contribution < 1.29 is 0 Å². The topological polar surface area (TPSA) is 81.7 Å². The standard InChI is InChI=1S/C17H19N7O/c1-13-9-20-16(10-19-13)23-7-2-3-14(23)11-24-17(25)5-4-15(21-24)22-8-6-18-12-22/h4-6,8-10,12,14H,2-3,7,11H2,1H3. The number of hydrogen-bond donors (Lipinski definition) is 0. The van der Waals surface area contributed by atoms with Crippen molar-refractivity contribution in [2.75, 3.05) is 11.4 Å². The van der Waals surface area contributed by atoms with E-state index in [0.717, 1.165) is 30.9 Å². The molecule has 1 fully saturated rings. The lowest BCUT2D eigenvalue weighted by Gasteiger charge is -2.25. The maximum atomic E-state index is 12.2. The Bertz CT molecular complexity index is 902. The summed E-state index contributed by atoms with van der Waals surface area (Å²) in [6, 6.07) is 3.44. The van der Waals surface area contributed by atoms with Gasteiger partial charge in [0.25, 0.3) is 5.56 Å². The molecular weight excluding hydrogens is 318 g/mol. The molecule has 4 rings (SSSR count). The van der Waals surface area contributed by atoms with Crippen molar-refractivity contribution in [2.45, 2.75) is 32.4 Å². The molecule has 1 unspecified atom stereocenters. The quantitative estimate of drug-likeness (QED) is 0.711. The first kappa shape index (κ1) is 15.5. The minimum Gasteiger partial charge on any atom is -0.350 e. The number of aryl methyl sites for hydroxylation is 1. The van der Waals surface area contributed by atoms with Crippen LogP contribution in [0.4, 0.5) is 5.82 Å².